The van der Waals surface area contributed by atoms with Crippen molar-refractivity contribution in [3.05, 3.63) is 0 Å². The Hall–Kier alpha value is -0.790. The van der Waals surface area contributed by atoms with Gasteiger partial charge in [-0.25, -0.2) is 8.42 Å². The SMILES string of the molecule is CCCCCCCCCCOC(=O)CS(=O)(=O)CCC(F)(F)F. The highest BCUT2D eigenvalue weighted by molar-refractivity contribution is 7.92. The van der Waals surface area contributed by atoms with E-state index in [1.807, 2.05) is 0 Å². The first kappa shape index (κ1) is 22.2. The van der Waals surface area contributed by atoms with Crippen molar-refractivity contribution in [2.24, 2.45) is 0 Å². The number of hydrogen-bond acceptors (Lipinski definition) is 4. The van der Waals surface area contributed by atoms with Crippen molar-refractivity contribution >= 4 is 15.8 Å². The first-order valence-electron chi connectivity index (χ1n) is 8.09. The van der Waals surface area contributed by atoms with E-state index in [4.69, 9.17) is 4.74 Å². The molecule has 0 saturated carbocycles. The van der Waals surface area contributed by atoms with Gasteiger partial charge >= 0.3 is 12.1 Å². The predicted octanol–water partition coefficient (Wildman–Crippen LogP) is 4.04. The van der Waals surface area contributed by atoms with E-state index in [1.165, 1.54) is 25.7 Å². The van der Waals surface area contributed by atoms with Crippen molar-refractivity contribution in [3.8, 4) is 0 Å². The molecule has 0 aromatic carbocycles. The first-order chi connectivity index (χ1) is 10.7. The highest BCUT2D eigenvalue weighted by Crippen LogP contribution is 2.20. The van der Waals surface area contributed by atoms with E-state index in [2.05, 4.69) is 6.92 Å². The summed E-state index contributed by atoms with van der Waals surface area (Å²) in [6.07, 6.45) is 2.54. The molecule has 23 heavy (non-hydrogen) atoms. The van der Waals surface area contributed by atoms with Crippen molar-refractivity contribution in [1.29, 1.82) is 0 Å². The Labute approximate surface area is 136 Å². The second-order valence-corrected chi connectivity index (χ2v) is 7.84. The molecule has 4 nitrogen and oxygen atoms in total. The van der Waals surface area contributed by atoms with Crippen LogP contribution >= 0.6 is 0 Å². The number of sulfone groups is 1. The number of esters is 1. The molecular weight excluding hydrogens is 333 g/mol. The Morgan fingerprint density at radius 1 is 0.957 bits per heavy atom. The third-order valence-corrected chi connectivity index (χ3v) is 4.80. The molecule has 0 spiro atoms. The second-order valence-electron chi connectivity index (χ2n) is 5.65. The number of unbranched alkanes of at least 4 members (excludes halogenated alkanes) is 7. The minimum atomic E-state index is -4.55. The van der Waals surface area contributed by atoms with Crippen LogP contribution in [0.25, 0.3) is 0 Å². The number of rotatable bonds is 13. The summed E-state index contributed by atoms with van der Waals surface area (Å²) in [6, 6.07) is 0. The van der Waals surface area contributed by atoms with Crippen molar-refractivity contribution in [2.45, 2.75) is 70.9 Å². The molecule has 0 rings (SSSR count). The lowest BCUT2D eigenvalue weighted by atomic mass is 10.1. The van der Waals surface area contributed by atoms with Gasteiger partial charge in [0, 0.05) is 0 Å². The van der Waals surface area contributed by atoms with Crippen LogP contribution in [0.15, 0.2) is 0 Å². The summed E-state index contributed by atoms with van der Waals surface area (Å²) in [4.78, 5) is 11.3. The quantitative estimate of drug-likeness (QED) is 0.367. The molecule has 0 atom stereocenters. The van der Waals surface area contributed by atoms with Gasteiger partial charge in [0.1, 0.15) is 5.75 Å². The van der Waals surface area contributed by atoms with Gasteiger partial charge in [0.05, 0.1) is 18.8 Å². The molecule has 0 aromatic heterocycles. The van der Waals surface area contributed by atoms with Crippen LogP contribution in [-0.2, 0) is 19.4 Å². The molecule has 0 N–H and O–H groups in total. The Morgan fingerprint density at radius 2 is 1.48 bits per heavy atom. The normalized spacial score (nSPS) is 12.3. The minimum Gasteiger partial charge on any atom is -0.465 e. The summed E-state index contributed by atoms with van der Waals surface area (Å²) in [7, 11) is -4.07. The highest BCUT2D eigenvalue weighted by atomic mass is 32.2. The van der Waals surface area contributed by atoms with Gasteiger partial charge in [-0.1, -0.05) is 51.9 Å². The molecule has 0 fully saturated rings. The molecular formula is C15H27F3O4S. The van der Waals surface area contributed by atoms with Gasteiger partial charge in [0.25, 0.3) is 0 Å². The van der Waals surface area contributed by atoms with Crippen LogP contribution in [0.1, 0.15) is 64.7 Å². The summed E-state index contributed by atoms with van der Waals surface area (Å²) >= 11 is 0. The summed E-state index contributed by atoms with van der Waals surface area (Å²) in [5.74, 6) is -3.04. The lowest BCUT2D eigenvalue weighted by molar-refractivity contribution is -0.140. The van der Waals surface area contributed by atoms with Gasteiger partial charge in [-0.05, 0) is 6.42 Å². The average molecular weight is 360 g/mol. The number of carbonyl (C=O) groups is 1. The van der Waals surface area contributed by atoms with Gasteiger partial charge in [-0.15, -0.1) is 0 Å². The van der Waals surface area contributed by atoms with Gasteiger partial charge in [0.15, 0.2) is 9.84 Å². The van der Waals surface area contributed by atoms with Gasteiger partial charge in [-0.3, -0.25) is 4.79 Å². The maximum atomic E-state index is 12.0. The molecule has 0 saturated heterocycles. The largest absolute Gasteiger partial charge is 0.465 e. The smallest absolute Gasteiger partial charge is 0.390 e. The van der Waals surface area contributed by atoms with E-state index in [9.17, 15) is 26.4 Å². The molecule has 0 aliphatic rings. The van der Waals surface area contributed by atoms with E-state index in [1.54, 1.807) is 0 Å². The van der Waals surface area contributed by atoms with Crippen LogP contribution in [0.2, 0.25) is 0 Å². The van der Waals surface area contributed by atoms with Crippen molar-refractivity contribution < 1.29 is 31.1 Å². The van der Waals surface area contributed by atoms with E-state index >= 15 is 0 Å². The summed E-state index contributed by atoms with van der Waals surface area (Å²) in [6.45, 7) is 2.26. The Kier molecular flexibility index (Phi) is 11.3. The van der Waals surface area contributed by atoms with E-state index < -0.39 is 39.9 Å². The molecule has 0 aliphatic heterocycles. The van der Waals surface area contributed by atoms with Crippen molar-refractivity contribution in [1.82, 2.24) is 0 Å². The number of hydrogen-bond donors (Lipinski definition) is 0. The second kappa shape index (κ2) is 11.7. The zero-order chi connectivity index (χ0) is 17.8. The van der Waals surface area contributed by atoms with Crippen molar-refractivity contribution in [2.75, 3.05) is 18.1 Å². The Bertz CT molecular complexity index is 419. The molecule has 0 heterocycles. The van der Waals surface area contributed by atoms with Crippen LogP contribution in [0, 0.1) is 0 Å². The van der Waals surface area contributed by atoms with Gasteiger partial charge in [-0.2, -0.15) is 13.2 Å². The summed E-state index contributed by atoms with van der Waals surface area (Å²) < 4.78 is 63.3. The lowest BCUT2D eigenvalue weighted by Crippen LogP contribution is -2.24. The van der Waals surface area contributed by atoms with Crippen LogP contribution in [0.3, 0.4) is 0 Å². The fourth-order valence-electron chi connectivity index (χ4n) is 1.99. The predicted molar refractivity (Wildman–Crippen MR) is 82.9 cm³/mol. The molecule has 0 aliphatic carbocycles. The van der Waals surface area contributed by atoms with Crippen LogP contribution in [0.4, 0.5) is 13.2 Å². The number of carbonyl (C=O) groups excluding carboxylic acids is 1. The van der Waals surface area contributed by atoms with E-state index in [0.29, 0.717) is 6.42 Å². The maximum Gasteiger partial charge on any atom is 0.390 e. The third kappa shape index (κ3) is 15.9. The Morgan fingerprint density at radius 3 is 2.00 bits per heavy atom. The van der Waals surface area contributed by atoms with Crippen LogP contribution < -0.4 is 0 Å². The topological polar surface area (TPSA) is 60.4 Å². The third-order valence-electron chi connectivity index (χ3n) is 3.30. The van der Waals surface area contributed by atoms with Crippen LogP contribution in [0.5, 0.6) is 0 Å². The zero-order valence-electron chi connectivity index (χ0n) is 13.7. The Balaban J connectivity index is 3.67. The number of alkyl halides is 3. The average Bonchev–Trinajstić information content (AvgIpc) is 2.42. The highest BCUT2D eigenvalue weighted by Gasteiger charge is 2.30. The maximum absolute atomic E-state index is 12.0. The molecule has 0 unspecified atom stereocenters. The van der Waals surface area contributed by atoms with Gasteiger partial charge in [0.2, 0.25) is 0 Å². The molecule has 138 valence electrons. The molecule has 0 aromatic rings. The fraction of sp³-hybridized carbons (Fsp3) is 0.933. The fourth-order valence-corrected chi connectivity index (χ4v) is 3.12. The molecule has 0 amide bonds. The lowest BCUT2D eigenvalue weighted by Gasteiger charge is -2.08. The van der Waals surface area contributed by atoms with E-state index in [-0.39, 0.29) is 6.61 Å². The molecule has 8 heteroatoms. The van der Waals surface area contributed by atoms with Crippen molar-refractivity contribution in [3.63, 3.8) is 0 Å². The number of halogens is 3. The van der Waals surface area contributed by atoms with Crippen LogP contribution in [-0.4, -0.2) is 38.7 Å². The first-order valence-corrected chi connectivity index (χ1v) is 9.91. The standard InChI is InChI=1S/C15H27F3O4S/c1-2-3-4-5-6-7-8-9-11-22-14(19)13-23(20,21)12-10-15(16,17)18/h2-13H2,1H3. The molecule has 0 bridgehead atoms. The van der Waals surface area contributed by atoms with E-state index in [0.717, 1.165) is 19.3 Å². The molecule has 0 radical (unpaired) electrons. The minimum absolute atomic E-state index is 0.114. The zero-order valence-corrected chi connectivity index (χ0v) is 14.5. The summed E-state index contributed by atoms with van der Waals surface area (Å²) in [5, 5.41) is 0. The monoisotopic (exact) mass is 360 g/mol. The number of ether oxygens (including phenoxy) is 1. The van der Waals surface area contributed by atoms with Gasteiger partial charge < -0.3 is 4.74 Å². The summed E-state index contributed by atoms with van der Waals surface area (Å²) in [5.41, 5.74) is 0.